The first kappa shape index (κ1) is 21.8. The van der Waals surface area contributed by atoms with E-state index in [1.807, 2.05) is 42.5 Å². The zero-order chi connectivity index (χ0) is 36.1. The van der Waals surface area contributed by atoms with Crippen molar-refractivity contribution < 1.29 is 8.22 Å². The maximum atomic E-state index is 8.84. The fourth-order valence-corrected chi connectivity index (χ4v) is 7.62. The van der Waals surface area contributed by atoms with E-state index in [0.717, 1.165) is 33.6 Å². The van der Waals surface area contributed by atoms with Gasteiger partial charge >= 0.3 is 0 Å². The topological polar surface area (TPSA) is 3.24 Å². The molecule has 220 valence electrons. The second kappa shape index (κ2) is 9.81. The van der Waals surface area contributed by atoms with E-state index in [0.29, 0.717) is 27.9 Å². The van der Waals surface area contributed by atoms with Crippen LogP contribution < -0.4 is 4.90 Å². The molecule has 1 nitrogen and oxygen atoms in total. The van der Waals surface area contributed by atoms with Gasteiger partial charge in [-0.1, -0.05) is 130 Å². The standard InChI is InChI=1S/C44H39N/c1-28-19-21-30(22-20-28)33-13-9-12-18-41(33)45(31-23-24-35-34-14-7-10-16-37(34)43(3,4)39(35)26-31)32-25-29(2)42-36-15-8-11-17-38(36)44(5,6)40(42)27-32/h7-27H,1-6H3/i3D3,4D3. The molecule has 6 aromatic rings. The number of nitrogens with zero attached hydrogens (tertiary/aromatic N) is 1. The van der Waals surface area contributed by atoms with Crippen molar-refractivity contribution in [3.63, 3.8) is 0 Å². The lowest BCUT2D eigenvalue weighted by Crippen LogP contribution is -2.18. The van der Waals surface area contributed by atoms with Crippen LogP contribution in [-0.2, 0) is 10.8 Å². The minimum absolute atomic E-state index is 0.258. The number of hydrogen-bond donors (Lipinski definition) is 0. The van der Waals surface area contributed by atoms with Crippen LogP contribution in [0.3, 0.4) is 0 Å². The molecule has 2 aliphatic rings. The number of para-hydroxylation sites is 1. The monoisotopic (exact) mass is 587 g/mol. The third-order valence-electron chi connectivity index (χ3n) is 9.92. The van der Waals surface area contributed by atoms with E-state index in [1.165, 1.54) is 22.3 Å². The van der Waals surface area contributed by atoms with Crippen molar-refractivity contribution in [3.8, 4) is 33.4 Å². The second-order valence-corrected chi connectivity index (χ2v) is 13.1. The van der Waals surface area contributed by atoms with Gasteiger partial charge in [0.2, 0.25) is 0 Å². The second-order valence-electron chi connectivity index (χ2n) is 13.1. The van der Waals surface area contributed by atoms with Crippen LogP contribution in [0.25, 0.3) is 33.4 Å². The van der Waals surface area contributed by atoms with Crippen LogP contribution >= 0.6 is 0 Å². The van der Waals surface area contributed by atoms with Gasteiger partial charge in [-0.05, 0) is 99.8 Å². The summed E-state index contributed by atoms with van der Waals surface area (Å²) in [5, 5.41) is 0. The smallest absolute Gasteiger partial charge is 0.0540 e. The Morgan fingerprint density at radius 1 is 0.511 bits per heavy atom. The largest absolute Gasteiger partial charge is 0.310 e. The first-order chi connectivity index (χ1) is 24.2. The van der Waals surface area contributed by atoms with Crippen molar-refractivity contribution in [3.05, 3.63) is 161 Å². The van der Waals surface area contributed by atoms with Crippen molar-refractivity contribution in [2.75, 3.05) is 4.90 Å². The Bertz CT molecular complexity index is 2330. The molecule has 0 saturated heterocycles. The van der Waals surface area contributed by atoms with Crippen LogP contribution in [-0.4, -0.2) is 0 Å². The SMILES string of the molecule is [2H]C([2H])([2H])C1(C([2H])([2H])[2H])c2ccccc2-c2ccc(N(c3cc(C)c4c(c3)C(C)(C)c3ccccc3-4)c3ccccc3-c3ccc(C)cc3)cc21. The summed E-state index contributed by atoms with van der Waals surface area (Å²) in [5.41, 5.74) is 11.2. The first-order valence-corrected chi connectivity index (χ1v) is 15.6. The molecule has 0 heterocycles. The average Bonchev–Trinajstić information content (AvgIpc) is 3.52. The maximum Gasteiger partial charge on any atom is 0.0540 e. The summed E-state index contributed by atoms with van der Waals surface area (Å²) in [6, 6.07) is 42.5. The maximum absolute atomic E-state index is 8.84. The predicted molar refractivity (Wildman–Crippen MR) is 191 cm³/mol. The summed E-state index contributed by atoms with van der Waals surface area (Å²) in [6.45, 7) is 3.03. The molecular formula is C44H39N. The molecule has 0 radical (unpaired) electrons. The third kappa shape index (κ3) is 4.07. The fourth-order valence-electron chi connectivity index (χ4n) is 7.62. The normalized spacial score (nSPS) is 17.3. The van der Waals surface area contributed by atoms with Crippen molar-refractivity contribution in [1.82, 2.24) is 0 Å². The van der Waals surface area contributed by atoms with E-state index in [2.05, 4.69) is 105 Å². The van der Waals surface area contributed by atoms with Gasteiger partial charge in [-0.15, -0.1) is 0 Å². The molecule has 45 heavy (non-hydrogen) atoms. The number of hydrogen-bond acceptors (Lipinski definition) is 1. The van der Waals surface area contributed by atoms with Gasteiger partial charge < -0.3 is 4.90 Å². The summed E-state index contributed by atoms with van der Waals surface area (Å²) in [7, 11) is 0. The minimum atomic E-state index is -2.86. The van der Waals surface area contributed by atoms with Crippen LogP contribution in [0.2, 0.25) is 0 Å². The molecule has 2 aliphatic carbocycles. The summed E-state index contributed by atoms with van der Waals surface area (Å²) >= 11 is 0. The van der Waals surface area contributed by atoms with E-state index < -0.39 is 19.1 Å². The highest BCUT2D eigenvalue weighted by atomic mass is 15.1. The third-order valence-corrected chi connectivity index (χ3v) is 9.92. The lowest BCUT2D eigenvalue weighted by molar-refractivity contribution is 0.660. The van der Waals surface area contributed by atoms with Gasteiger partial charge in [0.05, 0.1) is 5.69 Å². The van der Waals surface area contributed by atoms with Crippen LogP contribution in [0.1, 0.15) is 69.2 Å². The van der Waals surface area contributed by atoms with Gasteiger partial charge in [0.15, 0.2) is 0 Å². The summed E-state index contributed by atoms with van der Waals surface area (Å²) in [5.74, 6) is 0. The Balaban J connectivity index is 1.43. The highest BCUT2D eigenvalue weighted by Crippen LogP contribution is 2.54. The van der Waals surface area contributed by atoms with E-state index in [9.17, 15) is 0 Å². The predicted octanol–water partition coefficient (Wildman–Crippen LogP) is 12.1. The van der Waals surface area contributed by atoms with Gasteiger partial charge in [0, 0.05) is 36.0 Å². The van der Waals surface area contributed by atoms with E-state index >= 15 is 0 Å². The molecule has 1 heteroatoms. The van der Waals surface area contributed by atoms with Crippen LogP contribution in [0.15, 0.2) is 127 Å². The molecule has 0 saturated carbocycles. The molecule has 0 N–H and O–H groups in total. The van der Waals surface area contributed by atoms with Gasteiger partial charge in [-0.3, -0.25) is 0 Å². The van der Waals surface area contributed by atoms with Gasteiger partial charge in [-0.25, -0.2) is 0 Å². The molecule has 8 rings (SSSR count). The van der Waals surface area contributed by atoms with E-state index in [4.69, 9.17) is 8.22 Å². The average molecular weight is 588 g/mol. The molecule has 0 aromatic heterocycles. The Morgan fingerprint density at radius 3 is 1.84 bits per heavy atom. The summed E-state index contributed by atoms with van der Waals surface area (Å²) in [4.78, 5) is 2.18. The number of benzene rings is 6. The van der Waals surface area contributed by atoms with Gasteiger partial charge in [-0.2, -0.15) is 0 Å². The molecule has 0 aliphatic heterocycles. The van der Waals surface area contributed by atoms with Crippen LogP contribution in [0.5, 0.6) is 0 Å². The van der Waals surface area contributed by atoms with Gasteiger partial charge in [0.25, 0.3) is 0 Å². The first-order valence-electron chi connectivity index (χ1n) is 18.6. The zero-order valence-electron chi connectivity index (χ0n) is 32.1. The Morgan fingerprint density at radius 2 is 1.11 bits per heavy atom. The van der Waals surface area contributed by atoms with Crippen molar-refractivity contribution in [1.29, 1.82) is 0 Å². The van der Waals surface area contributed by atoms with Crippen molar-refractivity contribution in [2.45, 2.75) is 52.2 Å². The Kier molecular flexibility index (Phi) is 4.74. The lowest BCUT2D eigenvalue weighted by Gasteiger charge is -2.31. The molecule has 0 amide bonds. The molecule has 0 spiro atoms. The number of fused-ring (bicyclic) bond motifs is 6. The van der Waals surface area contributed by atoms with E-state index in [-0.39, 0.29) is 5.41 Å². The fraction of sp³-hybridized carbons (Fsp3) is 0.182. The highest BCUT2D eigenvalue weighted by Gasteiger charge is 2.38. The summed E-state index contributed by atoms with van der Waals surface area (Å²) < 4.78 is 53.1. The molecule has 6 aromatic carbocycles. The Hall–Kier alpha value is -4.88. The lowest BCUT2D eigenvalue weighted by atomic mass is 9.81. The molecule has 0 fully saturated rings. The van der Waals surface area contributed by atoms with Crippen molar-refractivity contribution >= 4 is 17.1 Å². The van der Waals surface area contributed by atoms with E-state index in [1.54, 1.807) is 12.1 Å². The molecule has 0 bridgehead atoms. The molecule has 0 unspecified atom stereocenters. The number of aryl methyl sites for hydroxylation is 2. The van der Waals surface area contributed by atoms with Crippen molar-refractivity contribution in [2.24, 2.45) is 0 Å². The minimum Gasteiger partial charge on any atom is -0.310 e. The van der Waals surface area contributed by atoms with Crippen LogP contribution in [0.4, 0.5) is 17.1 Å². The summed E-state index contributed by atoms with van der Waals surface area (Å²) in [6.07, 6.45) is 0. The quantitative estimate of drug-likeness (QED) is 0.198. The number of anilines is 3. The number of rotatable bonds is 4. The Labute approximate surface area is 276 Å². The zero-order valence-corrected chi connectivity index (χ0v) is 26.1. The van der Waals surface area contributed by atoms with Gasteiger partial charge in [0.1, 0.15) is 0 Å². The molecule has 0 atom stereocenters. The van der Waals surface area contributed by atoms with Crippen LogP contribution in [0, 0.1) is 13.8 Å². The highest BCUT2D eigenvalue weighted by molar-refractivity contribution is 5.93. The molecular weight excluding hydrogens is 542 g/mol.